The zero-order valence-electron chi connectivity index (χ0n) is 12.5. The number of nitrogens with zero attached hydrogens (tertiary/aromatic N) is 2. The highest BCUT2D eigenvalue weighted by Crippen LogP contribution is 2.34. The Bertz CT molecular complexity index is 645. The summed E-state index contributed by atoms with van der Waals surface area (Å²) in [5.74, 6) is 1.36. The topological polar surface area (TPSA) is 43.8 Å². The standard InChI is InChI=1S/C16H19ClN2O3/c1-20-15-10-12-13(17)2-3-18-14(12)11-16(15)22-9-6-19-4-7-21-8-5-19/h2-3,10-11H,4-9H2,1H3. The maximum Gasteiger partial charge on any atom is 0.163 e. The average molecular weight is 323 g/mol. The van der Waals surface area contributed by atoms with E-state index < -0.39 is 0 Å². The van der Waals surface area contributed by atoms with E-state index in [2.05, 4.69) is 9.88 Å². The lowest BCUT2D eigenvalue weighted by Gasteiger charge is -2.26. The number of aromatic nitrogens is 1. The molecule has 0 saturated carbocycles. The van der Waals surface area contributed by atoms with E-state index in [4.69, 9.17) is 25.8 Å². The summed E-state index contributed by atoms with van der Waals surface area (Å²) in [4.78, 5) is 6.65. The highest BCUT2D eigenvalue weighted by molar-refractivity contribution is 6.35. The lowest BCUT2D eigenvalue weighted by atomic mass is 10.2. The second-order valence-electron chi connectivity index (χ2n) is 5.12. The summed E-state index contributed by atoms with van der Waals surface area (Å²) in [7, 11) is 1.63. The van der Waals surface area contributed by atoms with Crippen LogP contribution in [-0.4, -0.2) is 56.4 Å². The predicted molar refractivity (Wildman–Crippen MR) is 86.1 cm³/mol. The van der Waals surface area contributed by atoms with E-state index in [1.807, 2.05) is 12.1 Å². The van der Waals surface area contributed by atoms with Crippen molar-refractivity contribution in [1.29, 1.82) is 0 Å². The molecule has 1 saturated heterocycles. The van der Waals surface area contributed by atoms with Gasteiger partial charge in [0.1, 0.15) is 6.61 Å². The maximum absolute atomic E-state index is 6.19. The molecule has 0 atom stereocenters. The molecule has 0 N–H and O–H groups in total. The van der Waals surface area contributed by atoms with Gasteiger partial charge in [-0.3, -0.25) is 9.88 Å². The molecule has 0 spiro atoms. The molecule has 0 radical (unpaired) electrons. The van der Waals surface area contributed by atoms with Gasteiger partial charge in [0.25, 0.3) is 0 Å². The van der Waals surface area contributed by atoms with Gasteiger partial charge < -0.3 is 14.2 Å². The lowest BCUT2D eigenvalue weighted by Crippen LogP contribution is -2.38. The number of hydrogen-bond acceptors (Lipinski definition) is 5. The Labute approximate surface area is 134 Å². The van der Waals surface area contributed by atoms with E-state index in [0.29, 0.717) is 23.1 Å². The number of fused-ring (bicyclic) bond motifs is 1. The highest BCUT2D eigenvalue weighted by Gasteiger charge is 2.12. The minimum absolute atomic E-state index is 0.600. The molecule has 0 unspecified atom stereocenters. The number of methoxy groups -OCH3 is 1. The summed E-state index contributed by atoms with van der Waals surface area (Å²) in [6, 6.07) is 5.51. The van der Waals surface area contributed by atoms with Gasteiger partial charge in [-0.1, -0.05) is 11.6 Å². The summed E-state index contributed by atoms with van der Waals surface area (Å²) in [6.45, 7) is 4.96. The molecule has 118 valence electrons. The smallest absolute Gasteiger partial charge is 0.163 e. The summed E-state index contributed by atoms with van der Waals surface area (Å²) in [5.41, 5.74) is 0.801. The van der Waals surface area contributed by atoms with Crippen molar-refractivity contribution in [2.75, 3.05) is 46.6 Å². The second kappa shape index (κ2) is 7.13. The van der Waals surface area contributed by atoms with Crippen LogP contribution >= 0.6 is 11.6 Å². The molecule has 0 bridgehead atoms. The lowest BCUT2D eigenvalue weighted by molar-refractivity contribution is 0.0321. The first-order valence-corrected chi connectivity index (χ1v) is 7.71. The van der Waals surface area contributed by atoms with Crippen LogP contribution in [-0.2, 0) is 4.74 Å². The van der Waals surface area contributed by atoms with E-state index in [0.717, 1.165) is 43.8 Å². The van der Waals surface area contributed by atoms with Gasteiger partial charge in [-0.15, -0.1) is 0 Å². The molecular weight excluding hydrogens is 304 g/mol. The van der Waals surface area contributed by atoms with Gasteiger partial charge in [0, 0.05) is 37.3 Å². The van der Waals surface area contributed by atoms with Crippen molar-refractivity contribution in [3.05, 3.63) is 29.4 Å². The fourth-order valence-corrected chi connectivity index (χ4v) is 2.71. The second-order valence-corrected chi connectivity index (χ2v) is 5.52. The van der Waals surface area contributed by atoms with Crippen molar-refractivity contribution in [1.82, 2.24) is 9.88 Å². The zero-order chi connectivity index (χ0) is 15.4. The quantitative estimate of drug-likeness (QED) is 0.846. The van der Waals surface area contributed by atoms with Crippen LogP contribution in [0.5, 0.6) is 11.5 Å². The van der Waals surface area contributed by atoms with Crippen LogP contribution in [0.15, 0.2) is 24.4 Å². The van der Waals surface area contributed by atoms with Gasteiger partial charge in [0.15, 0.2) is 11.5 Å². The number of ether oxygens (including phenoxy) is 3. The van der Waals surface area contributed by atoms with Crippen LogP contribution in [0.1, 0.15) is 0 Å². The number of rotatable bonds is 5. The third-order valence-electron chi connectivity index (χ3n) is 3.74. The SMILES string of the molecule is COc1cc2c(Cl)ccnc2cc1OCCN1CCOCC1. The van der Waals surface area contributed by atoms with E-state index in [9.17, 15) is 0 Å². The molecule has 22 heavy (non-hydrogen) atoms. The normalized spacial score (nSPS) is 15.9. The van der Waals surface area contributed by atoms with Crippen molar-refractivity contribution in [3.63, 3.8) is 0 Å². The van der Waals surface area contributed by atoms with Crippen molar-refractivity contribution in [2.45, 2.75) is 0 Å². The van der Waals surface area contributed by atoms with E-state index in [1.54, 1.807) is 19.4 Å². The molecule has 1 aromatic carbocycles. The maximum atomic E-state index is 6.19. The molecule has 5 nitrogen and oxygen atoms in total. The number of halogens is 1. The van der Waals surface area contributed by atoms with Gasteiger partial charge >= 0.3 is 0 Å². The van der Waals surface area contributed by atoms with Gasteiger partial charge in [-0.2, -0.15) is 0 Å². The molecule has 3 rings (SSSR count). The van der Waals surface area contributed by atoms with Gasteiger partial charge in [-0.05, 0) is 12.1 Å². The molecule has 0 amide bonds. The minimum atomic E-state index is 0.600. The first-order valence-electron chi connectivity index (χ1n) is 7.33. The van der Waals surface area contributed by atoms with Crippen LogP contribution in [0.4, 0.5) is 0 Å². The van der Waals surface area contributed by atoms with E-state index in [1.165, 1.54) is 0 Å². The predicted octanol–water partition coefficient (Wildman–Crippen LogP) is 2.61. The molecule has 2 heterocycles. The average Bonchev–Trinajstić information content (AvgIpc) is 2.55. The Balaban J connectivity index is 1.72. The molecule has 1 fully saturated rings. The minimum Gasteiger partial charge on any atom is -0.493 e. The number of benzene rings is 1. The summed E-state index contributed by atoms with van der Waals surface area (Å²) in [6.07, 6.45) is 1.69. The van der Waals surface area contributed by atoms with Gasteiger partial charge in [0.2, 0.25) is 0 Å². The molecular formula is C16H19ClN2O3. The van der Waals surface area contributed by atoms with E-state index in [-0.39, 0.29) is 0 Å². The molecule has 1 aromatic heterocycles. The zero-order valence-corrected chi connectivity index (χ0v) is 13.3. The third kappa shape index (κ3) is 3.43. The van der Waals surface area contributed by atoms with Crippen LogP contribution < -0.4 is 9.47 Å². The Morgan fingerprint density at radius 3 is 2.86 bits per heavy atom. The largest absolute Gasteiger partial charge is 0.493 e. The van der Waals surface area contributed by atoms with Crippen molar-refractivity contribution >= 4 is 22.5 Å². The first kappa shape index (κ1) is 15.3. The van der Waals surface area contributed by atoms with Crippen molar-refractivity contribution < 1.29 is 14.2 Å². The van der Waals surface area contributed by atoms with Crippen LogP contribution in [0.25, 0.3) is 10.9 Å². The first-order chi connectivity index (χ1) is 10.8. The summed E-state index contributed by atoms with van der Waals surface area (Å²) in [5, 5.41) is 1.52. The molecule has 0 aliphatic carbocycles. The summed E-state index contributed by atoms with van der Waals surface area (Å²) >= 11 is 6.19. The van der Waals surface area contributed by atoms with E-state index >= 15 is 0 Å². The van der Waals surface area contributed by atoms with Crippen molar-refractivity contribution in [3.8, 4) is 11.5 Å². The van der Waals surface area contributed by atoms with Crippen LogP contribution in [0.3, 0.4) is 0 Å². The molecule has 1 aliphatic heterocycles. The fourth-order valence-electron chi connectivity index (χ4n) is 2.50. The highest BCUT2D eigenvalue weighted by atomic mass is 35.5. The molecule has 1 aliphatic rings. The fraction of sp³-hybridized carbons (Fsp3) is 0.438. The number of hydrogen-bond donors (Lipinski definition) is 0. The Hall–Kier alpha value is -1.56. The molecule has 2 aromatic rings. The van der Waals surface area contributed by atoms with Crippen LogP contribution in [0.2, 0.25) is 5.02 Å². The van der Waals surface area contributed by atoms with Gasteiger partial charge in [-0.25, -0.2) is 0 Å². The molecule has 6 heteroatoms. The number of pyridine rings is 1. The summed E-state index contributed by atoms with van der Waals surface area (Å²) < 4.78 is 16.6. The Kier molecular flexibility index (Phi) is 4.97. The van der Waals surface area contributed by atoms with Gasteiger partial charge in [0.05, 0.1) is 30.9 Å². The number of morpholine rings is 1. The third-order valence-corrected chi connectivity index (χ3v) is 4.07. The Morgan fingerprint density at radius 2 is 2.09 bits per heavy atom. The van der Waals surface area contributed by atoms with Crippen LogP contribution in [0, 0.1) is 0 Å². The van der Waals surface area contributed by atoms with Crippen molar-refractivity contribution in [2.24, 2.45) is 0 Å². The monoisotopic (exact) mass is 322 g/mol. The Morgan fingerprint density at radius 1 is 1.27 bits per heavy atom.